The molecule has 7 rings (SSSR count). The smallest absolute Gasteiger partial charge is 0.346 e. The molecule has 0 fully saturated rings. The minimum Gasteiger partial charge on any atom is -0.346 e. The number of sulfone groups is 1. The molecule has 0 bridgehead atoms. The van der Waals surface area contributed by atoms with Crippen LogP contribution in [-0.4, -0.2) is 81.6 Å². The summed E-state index contributed by atoms with van der Waals surface area (Å²) in [5.41, 5.74) is -6.37. The summed E-state index contributed by atoms with van der Waals surface area (Å²) in [7, 11) is -8.71. The number of alkyl halides is 8. The number of fused-ring (bicyclic) bond motifs is 2. The van der Waals surface area contributed by atoms with Gasteiger partial charge < -0.3 is 5.32 Å². The molecular weight excluding hydrogens is 1050 g/mol. The van der Waals surface area contributed by atoms with Gasteiger partial charge in [0.15, 0.2) is 21.3 Å². The Morgan fingerprint density at radius 1 is 0.918 bits per heavy atom. The maximum absolute atomic E-state index is 15.8. The first kappa shape index (κ1) is 54.2. The highest BCUT2D eigenvalue weighted by Gasteiger charge is 2.57. The highest BCUT2D eigenvalue weighted by molar-refractivity contribution is 7.93. The number of rotatable bonds is 12. The molecule has 2 amide bonds. The number of pyridine rings is 2. The van der Waals surface area contributed by atoms with Crippen molar-refractivity contribution in [2.45, 2.75) is 82.2 Å². The molecule has 0 saturated carbocycles. The third kappa shape index (κ3) is 10.9. The topological polar surface area (TPSA) is 179 Å². The molecule has 0 unspecified atom stereocenters. The number of sulfonamides is 1. The molecule has 2 aromatic carbocycles. The number of anilines is 1. The highest BCUT2D eigenvalue weighted by Crippen LogP contribution is 2.55. The van der Waals surface area contributed by atoms with E-state index in [0.717, 1.165) is 68.8 Å². The molecule has 0 aliphatic heterocycles. The lowest BCUT2D eigenvalue weighted by atomic mass is 9.93. The Labute approximate surface area is 414 Å². The summed E-state index contributed by atoms with van der Waals surface area (Å²) in [5, 5.41) is 8.77. The van der Waals surface area contributed by atoms with E-state index in [-0.39, 0.29) is 41.6 Å². The first-order valence-corrected chi connectivity index (χ1v) is 25.5. The lowest BCUT2D eigenvalue weighted by Gasteiger charge is -2.24. The Hall–Kier alpha value is -6.59. The number of amides is 2. The van der Waals surface area contributed by atoms with Crippen molar-refractivity contribution in [2.24, 2.45) is 5.92 Å². The SMILES string of the molecule is C[C@@H]1c2c(C(F)(F)F)nn(CC(=O)N[C@@H](Cc3cc(F)cc(F)c3)c3nc(C#CC(C)(C)S(C)(=O)=O)ccc3-c3ccc(Cl)c4c(N(C(=O)c5cccnc5)S(C)(=O)=O)nn(CC(F)(F)F)c34)c2C(F)(F)[C@@H]1C. The van der Waals surface area contributed by atoms with Crippen LogP contribution in [0.25, 0.3) is 22.0 Å². The molecule has 73 heavy (non-hydrogen) atoms. The number of carbonyl (C=O) groups is 2. The van der Waals surface area contributed by atoms with Crippen LogP contribution in [0.4, 0.5) is 49.7 Å². The molecule has 1 aliphatic rings. The average Bonchev–Trinajstić information content (AvgIpc) is 3.88. The third-order valence-corrected chi connectivity index (χ3v) is 15.3. The monoisotopic (exact) mass is 1090 g/mol. The Balaban J connectivity index is 1.51. The normalized spacial score (nSPS) is 16.5. The van der Waals surface area contributed by atoms with Gasteiger partial charge in [0.2, 0.25) is 15.9 Å². The van der Waals surface area contributed by atoms with E-state index in [9.17, 15) is 61.5 Å². The largest absolute Gasteiger partial charge is 0.435 e. The molecule has 27 heteroatoms. The van der Waals surface area contributed by atoms with Gasteiger partial charge in [-0.3, -0.25) is 23.9 Å². The third-order valence-electron chi connectivity index (χ3n) is 12.1. The van der Waals surface area contributed by atoms with Gasteiger partial charge in [0.25, 0.3) is 11.8 Å². The molecule has 6 aromatic rings. The second kappa shape index (κ2) is 19.0. The van der Waals surface area contributed by atoms with Gasteiger partial charge in [-0.1, -0.05) is 37.4 Å². The first-order valence-electron chi connectivity index (χ1n) is 21.4. The second-order valence-electron chi connectivity index (χ2n) is 17.7. The van der Waals surface area contributed by atoms with E-state index >= 15 is 8.78 Å². The molecule has 4 aromatic heterocycles. The van der Waals surface area contributed by atoms with Crippen LogP contribution in [0.5, 0.6) is 0 Å². The van der Waals surface area contributed by atoms with Crippen LogP contribution >= 0.6 is 11.6 Å². The summed E-state index contributed by atoms with van der Waals surface area (Å²) in [6, 6.07) is 7.25. The van der Waals surface area contributed by atoms with Gasteiger partial charge in [0.05, 0.1) is 39.5 Å². The number of hydrogen-bond donors (Lipinski definition) is 1. The van der Waals surface area contributed by atoms with Crippen molar-refractivity contribution in [2.75, 3.05) is 16.8 Å². The van der Waals surface area contributed by atoms with Crippen LogP contribution in [0.3, 0.4) is 0 Å². The molecule has 3 atom stereocenters. The highest BCUT2D eigenvalue weighted by atomic mass is 35.5. The summed E-state index contributed by atoms with van der Waals surface area (Å²) in [4.78, 5) is 36.5. The Morgan fingerprint density at radius 2 is 1.56 bits per heavy atom. The first-order chi connectivity index (χ1) is 33.6. The molecule has 0 spiro atoms. The fraction of sp³-hybridized carbons (Fsp3) is 0.348. The van der Waals surface area contributed by atoms with Gasteiger partial charge in [0.1, 0.15) is 40.9 Å². The summed E-state index contributed by atoms with van der Waals surface area (Å²) in [6.45, 7) is 1.33. The van der Waals surface area contributed by atoms with Crippen molar-refractivity contribution < 1.29 is 70.3 Å². The van der Waals surface area contributed by atoms with E-state index in [4.69, 9.17) is 11.6 Å². The Kier molecular flexibility index (Phi) is 14.1. The summed E-state index contributed by atoms with van der Waals surface area (Å²) < 4.78 is 199. The van der Waals surface area contributed by atoms with Crippen LogP contribution in [-0.2, 0) is 56.3 Å². The zero-order valence-electron chi connectivity index (χ0n) is 38.8. The minimum absolute atomic E-state index is 0.0963. The zero-order chi connectivity index (χ0) is 54.1. The number of nitrogens with one attached hydrogen (secondary N) is 1. The molecule has 388 valence electrons. The maximum Gasteiger partial charge on any atom is 0.435 e. The fourth-order valence-corrected chi connectivity index (χ4v) is 9.50. The molecule has 4 heterocycles. The van der Waals surface area contributed by atoms with Gasteiger partial charge in [-0.15, -0.1) is 0 Å². The molecule has 1 aliphatic carbocycles. The van der Waals surface area contributed by atoms with Crippen molar-refractivity contribution in [3.63, 3.8) is 0 Å². The van der Waals surface area contributed by atoms with Crippen LogP contribution in [0, 0.1) is 29.4 Å². The predicted octanol–water partition coefficient (Wildman–Crippen LogP) is 8.93. The van der Waals surface area contributed by atoms with Crippen molar-refractivity contribution in [3.8, 4) is 23.0 Å². The number of nitrogens with zero attached hydrogens (tertiary/aromatic N) is 7. The predicted molar refractivity (Wildman–Crippen MR) is 245 cm³/mol. The van der Waals surface area contributed by atoms with Gasteiger partial charge in [-0.2, -0.15) is 49.6 Å². The van der Waals surface area contributed by atoms with Gasteiger partial charge in [-0.25, -0.2) is 30.6 Å². The molecular formula is C46H39ClF10N8O6S2. The second-order valence-corrected chi connectivity index (χ2v) is 22.5. The van der Waals surface area contributed by atoms with Crippen LogP contribution in [0.2, 0.25) is 5.02 Å². The number of carbonyl (C=O) groups excluding carboxylic acids is 2. The number of halogens is 11. The molecule has 0 radical (unpaired) electrons. The van der Waals surface area contributed by atoms with Crippen molar-refractivity contribution in [3.05, 3.63) is 123 Å². The van der Waals surface area contributed by atoms with E-state index in [0.29, 0.717) is 12.3 Å². The number of aromatic nitrogens is 6. The van der Waals surface area contributed by atoms with E-state index in [1.54, 1.807) is 0 Å². The lowest BCUT2D eigenvalue weighted by Crippen LogP contribution is -2.37. The average molecular weight is 1090 g/mol. The number of hydrogen-bond acceptors (Lipinski definition) is 10. The fourth-order valence-electron chi connectivity index (χ4n) is 8.18. The van der Waals surface area contributed by atoms with Crippen LogP contribution in [0.15, 0.2) is 67.0 Å². The molecule has 1 N–H and O–H groups in total. The Bertz CT molecular complexity index is 3480. The summed E-state index contributed by atoms with van der Waals surface area (Å²) in [5.74, 6) is -7.80. The van der Waals surface area contributed by atoms with E-state index in [2.05, 4.69) is 37.3 Å². The standard InChI is InChI=1S/C46H39ClF10N8O6S2/c1-23-24(2)45(53,54)40-35(23)39(46(55,56)57)61-63(40)21-34(66)60-33(18-25-16-27(48)19-28(49)17-25)37-30(10-9-29(59-37)13-14-43(3,4)72(5,68)69)31-11-12-32(47)36-38(31)64(22-44(50,51)52)62-41(36)65(73(6,70)71)42(67)26-8-7-15-58-20-26/h7-12,15-17,19-20,23-24,33H,18,21-22H2,1-6H3,(H,60,66)/t23-,24+,33-/m0/s1. The number of benzene rings is 2. The lowest BCUT2D eigenvalue weighted by molar-refractivity contribution is -0.143. The zero-order valence-corrected chi connectivity index (χ0v) is 41.1. The Morgan fingerprint density at radius 3 is 2.14 bits per heavy atom. The van der Waals surface area contributed by atoms with Crippen LogP contribution in [0.1, 0.15) is 83.9 Å². The quantitative estimate of drug-likeness (QED) is 0.0919. The van der Waals surface area contributed by atoms with Crippen LogP contribution < -0.4 is 9.62 Å². The minimum atomic E-state index is -5.26. The van der Waals surface area contributed by atoms with Crippen molar-refractivity contribution in [1.29, 1.82) is 0 Å². The van der Waals surface area contributed by atoms with Crippen molar-refractivity contribution >= 4 is 60.0 Å². The van der Waals surface area contributed by atoms with E-state index in [1.807, 2.05) is 0 Å². The van der Waals surface area contributed by atoms with Gasteiger partial charge in [0, 0.05) is 47.3 Å². The van der Waals surface area contributed by atoms with E-state index < -0.39 is 148 Å². The molecule has 14 nitrogen and oxygen atoms in total. The van der Waals surface area contributed by atoms with Gasteiger partial charge in [-0.05, 0) is 80.1 Å². The summed E-state index contributed by atoms with van der Waals surface area (Å²) in [6.07, 6.45) is -7.43. The maximum atomic E-state index is 15.8. The van der Waals surface area contributed by atoms with Crippen molar-refractivity contribution in [1.82, 2.24) is 34.8 Å². The van der Waals surface area contributed by atoms with E-state index in [1.165, 1.54) is 26.1 Å². The summed E-state index contributed by atoms with van der Waals surface area (Å²) >= 11 is 6.67. The molecule has 0 saturated heterocycles. The van der Waals surface area contributed by atoms with Gasteiger partial charge >= 0.3 is 12.4 Å².